The summed E-state index contributed by atoms with van der Waals surface area (Å²) in [6, 6.07) is 3.27. The van der Waals surface area contributed by atoms with Crippen molar-refractivity contribution in [2.24, 2.45) is 5.84 Å². The third kappa shape index (κ3) is 4.56. The summed E-state index contributed by atoms with van der Waals surface area (Å²) in [6.45, 7) is 5.04. The molecule has 6 nitrogen and oxygen atoms in total. The summed E-state index contributed by atoms with van der Waals surface area (Å²) >= 11 is 6.02. The third-order valence-electron chi connectivity index (χ3n) is 3.57. The number of hydrazine groups is 1. The van der Waals surface area contributed by atoms with Crippen LogP contribution in [0.1, 0.15) is 36.7 Å². The number of anilines is 1. The minimum atomic E-state index is -0.276. The van der Waals surface area contributed by atoms with E-state index in [-0.39, 0.29) is 17.6 Å². The van der Waals surface area contributed by atoms with Crippen LogP contribution in [0.4, 0.5) is 5.82 Å². The van der Waals surface area contributed by atoms with Crippen LogP contribution in [-0.4, -0.2) is 41.5 Å². The molecule has 0 aliphatic carbocycles. The van der Waals surface area contributed by atoms with Crippen molar-refractivity contribution in [1.29, 1.82) is 0 Å². The molecule has 1 saturated heterocycles. The van der Waals surface area contributed by atoms with Crippen LogP contribution in [0, 0.1) is 0 Å². The minimum absolute atomic E-state index is 0.0444. The molecule has 2 rings (SSSR count). The van der Waals surface area contributed by atoms with Gasteiger partial charge in [-0.15, -0.1) is 0 Å². The molecular formula is C14H22ClN5O. The summed E-state index contributed by atoms with van der Waals surface area (Å²) in [5.41, 5.74) is 2.60. The number of nitrogens with two attached hydrogens (primary N) is 1. The standard InChI is InChI=1S/C14H22ClN5O/c1-10(9-20-7-3-2-4-8-20)17-14(21)13-11(15)5-6-12(18-13)19-16/h5-6,10H,2-4,7-9,16H2,1H3,(H,17,21)(H,18,19). The Morgan fingerprint density at radius 3 is 2.81 bits per heavy atom. The number of halogens is 1. The smallest absolute Gasteiger partial charge is 0.271 e. The maximum Gasteiger partial charge on any atom is 0.271 e. The first kappa shape index (κ1) is 16.0. The molecule has 4 N–H and O–H groups in total. The molecule has 21 heavy (non-hydrogen) atoms. The average Bonchev–Trinajstić information content (AvgIpc) is 2.48. The first-order valence-electron chi connectivity index (χ1n) is 7.26. The molecule has 1 atom stereocenters. The highest BCUT2D eigenvalue weighted by Gasteiger charge is 2.18. The zero-order valence-electron chi connectivity index (χ0n) is 12.2. The van der Waals surface area contributed by atoms with Crippen LogP contribution in [0.2, 0.25) is 5.02 Å². The fourth-order valence-electron chi connectivity index (χ4n) is 2.55. The van der Waals surface area contributed by atoms with Gasteiger partial charge in [0.25, 0.3) is 5.91 Å². The highest BCUT2D eigenvalue weighted by molar-refractivity contribution is 6.33. The number of hydrogen-bond donors (Lipinski definition) is 3. The number of nitrogens with zero attached hydrogens (tertiary/aromatic N) is 2. The number of nitrogen functional groups attached to an aromatic ring is 1. The number of rotatable bonds is 5. The van der Waals surface area contributed by atoms with Gasteiger partial charge in [-0.05, 0) is 45.0 Å². The monoisotopic (exact) mass is 311 g/mol. The zero-order valence-corrected chi connectivity index (χ0v) is 13.0. The fraction of sp³-hybridized carbons (Fsp3) is 0.571. The number of hydrogen-bond acceptors (Lipinski definition) is 5. The molecule has 2 heterocycles. The van der Waals surface area contributed by atoms with E-state index in [1.165, 1.54) is 19.3 Å². The maximum atomic E-state index is 12.2. The molecule has 0 aromatic carbocycles. The van der Waals surface area contributed by atoms with Crippen LogP contribution >= 0.6 is 11.6 Å². The van der Waals surface area contributed by atoms with Gasteiger partial charge in [-0.1, -0.05) is 18.0 Å². The number of pyridine rings is 1. The predicted molar refractivity (Wildman–Crippen MR) is 84.3 cm³/mol. The van der Waals surface area contributed by atoms with Crippen molar-refractivity contribution in [1.82, 2.24) is 15.2 Å². The van der Waals surface area contributed by atoms with Gasteiger partial charge >= 0.3 is 0 Å². The summed E-state index contributed by atoms with van der Waals surface area (Å²) in [5, 5.41) is 3.26. The molecule has 1 amide bonds. The Bertz CT molecular complexity index is 490. The lowest BCUT2D eigenvalue weighted by Gasteiger charge is -2.29. The van der Waals surface area contributed by atoms with E-state index in [4.69, 9.17) is 17.4 Å². The average molecular weight is 312 g/mol. The predicted octanol–water partition coefficient (Wildman–Crippen LogP) is 1.62. The van der Waals surface area contributed by atoms with E-state index in [1.54, 1.807) is 12.1 Å². The topological polar surface area (TPSA) is 83.3 Å². The number of aromatic nitrogens is 1. The highest BCUT2D eigenvalue weighted by atomic mass is 35.5. The number of likely N-dealkylation sites (tertiary alicyclic amines) is 1. The molecule has 1 unspecified atom stereocenters. The maximum absolute atomic E-state index is 12.2. The Morgan fingerprint density at radius 1 is 1.43 bits per heavy atom. The van der Waals surface area contributed by atoms with E-state index in [0.29, 0.717) is 10.8 Å². The summed E-state index contributed by atoms with van der Waals surface area (Å²) in [7, 11) is 0. The molecule has 1 fully saturated rings. The molecule has 0 radical (unpaired) electrons. The van der Waals surface area contributed by atoms with E-state index in [2.05, 4.69) is 20.6 Å². The van der Waals surface area contributed by atoms with Gasteiger partial charge in [-0.25, -0.2) is 10.8 Å². The summed E-state index contributed by atoms with van der Waals surface area (Å²) < 4.78 is 0. The van der Waals surface area contributed by atoms with Crippen molar-refractivity contribution in [2.45, 2.75) is 32.2 Å². The lowest BCUT2D eigenvalue weighted by atomic mass is 10.1. The molecule has 1 aliphatic rings. The van der Waals surface area contributed by atoms with Crippen molar-refractivity contribution < 1.29 is 4.79 Å². The lowest BCUT2D eigenvalue weighted by Crippen LogP contribution is -2.44. The zero-order chi connectivity index (χ0) is 15.2. The van der Waals surface area contributed by atoms with Gasteiger partial charge in [0, 0.05) is 12.6 Å². The lowest BCUT2D eigenvalue weighted by molar-refractivity contribution is 0.0921. The van der Waals surface area contributed by atoms with Crippen LogP contribution in [0.5, 0.6) is 0 Å². The second-order valence-electron chi connectivity index (χ2n) is 5.41. The second-order valence-corrected chi connectivity index (χ2v) is 5.81. The van der Waals surface area contributed by atoms with E-state index in [1.807, 2.05) is 6.92 Å². The van der Waals surface area contributed by atoms with Crippen molar-refractivity contribution in [3.63, 3.8) is 0 Å². The first-order chi connectivity index (χ1) is 10.1. The Labute approximate surface area is 130 Å². The molecular weight excluding hydrogens is 290 g/mol. The van der Waals surface area contributed by atoms with Crippen LogP contribution < -0.4 is 16.6 Å². The molecule has 7 heteroatoms. The Morgan fingerprint density at radius 2 is 2.14 bits per heavy atom. The number of carbonyl (C=O) groups is 1. The van der Waals surface area contributed by atoms with E-state index < -0.39 is 0 Å². The summed E-state index contributed by atoms with van der Waals surface area (Å²) in [6.07, 6.45) is 3.77. The molecule has 1 aliphatic heterocycles. The van der Waals surface area contributed by atoms with Gasteiger partial charge < -0.3 is 15.6 Å². The molecule has 1 aromatic rings. The van der Waals surface area contributed by atoms with Gasteiger partial charge in [0.1, 0.15) is 11.5 Å². The van der Waals surface area contributed by atoms with Gasteiger partial charge in [-0.2, -0.15) is 0 Å². The van der Waals surface area contributed by atoms with Crippen molar-refractivity contribution in [3.05, 3.63) is 22.8 Å². The van der Waals surface area contributed by atoms with Gasteiger partial charge in [-0.3, -0.25) is 4.79 Å². The summed E-state index contributed by atoms with van der Waals surface area (Å²) in [4.78, 5) is 18.7. The van der Waals surface area contributed by atoms with Crippen molar-refractivity contribution in [3.8, 4) is 0 Å². The van der Waals surface area contributed by atoms with Crippen LogP contribution in [0.25, 0.3) is 0 Å². The molecule has 116 valence electrons. The molecule has 0 saturated carbocycles. The normalized spacial score (nSPS) is 17.3. The number of piperidine rings is 1. The van der Waals surface area contributed by atoms with Gasteiger partial charge in [0.15, 0.2) is 0 Å². The number of amides is 1. The SMILES string of the molecule is CC(CN1CCCCC1)NC(=O)c1nc(NN)ccc1Cl. The van der Waals surface area contributed by atoms with E-state index >= 15 is 0 Å². The molecule has 0 spiro atoms. The number of carbonyl (C=O) groups excluding carboxylic acids is 1. The van der Waals surface area contributed by atoms with Crippen LogP contribution in [0.3, 0.4) is 0 Å². The first-order valence-corrected chi connectivity index (χ1v) is 7.64. The fourth-order valence-corrected chi connectivity index (χ4v) is 2.74. The van der Waals surface area contributed by atoms with Gasteiger partial charge in [0.2, 0.25) is 0 Å². The van der Waals surface area contributed by atoms with Gasteiger partial charge in [0.05, 0.1) is 5.02 Å². The van der Waals surface area contributed by atoms with Crippen LogP contribution in [0.15, 0.2) is 12.1 Å². The number of nitrogens with one attached hydrogen (secondary N) is 2. The molecule has 1 aromatic heterocycles. The Kier molecular flexibility index (Phi) is 5.78. The largest absolute Gasteiger partial charge is 0.347 e. The second kappa shape index (κ2) is 7.59. The van der Waals surface area contributed by atoms with E-state index in [9.17, 15) is 4.79 Å². The van der Waals surface area contributed by atoms with Crippen LogP contribution in [-0.2, 0) is 0 Å². The van der Waals surface area contributed by atoms with Crippen molar-refractivity contribution in [2.75, 3.05) is 25.1 Å². The summed E-state index contributed by atoms with van der Waals surface area (Å²) in [5.74, 6) is 5.43. The Balaban J connectivity index is 1.93. The highest BCUT2D eigenvalue weighted by Crippen LogP contribution is 2.16. The quantitative estimate of drug-likeness (QED) is 0.568. The van der Waals surface area contributed by atoms with Crippen molar-refractivity contribution >= 4 is 23.3 Å². The Hall–Kier alpha value is -1.37. The molecule has 0 bridgehead atoms. The van der Waals surface area contributed by atoms with E-state index in [0.717, 1.165) is 19.6 Å². The third-order valence-corrected chi connectivity index (χ3v) is 3.87. The minimum Gasteiger partial charge on any atom is -0.347 e.